The number of ether oxygens (including phenoxy) is 1. The fourth-order valence-electron chi connectivity index (χ4n) is 2.37. The maximum absolute atomic E-state index is 6.09. The molecule has 2 aliphatic heterocycles. The molecule has 14 heavy (non-hydrogen) atoms. The Bertz CT molecular complexity index is 372. The molecule has 1 aromatic rings. The molecule has 74 valence electrons. The van der Waals surface area contributed by atoms with Crippen LogP contribution in [0.1, 0.15) is 12.0 Å². The van der Waals surface area contributed by atoms with Crippen LogP contribution < -0.4 is 10.1 Å². The van der Waals surface area contributed by atoms with Crippen LogP contribution in [0.4, 0.5) is 0 Å². The topological polar surface area (TPSA) is 21.3 Å². The summed E-state index contributed by atoms with van der Waals surface area (Å²) in [5.74, 6) is 0.901. The van der Waals surface area contributed by atoms with E-state index in [4.69, 9.17) is 16.3 Å². The average molecular weight is 210 g/mol. The Kier molecular flexibility index (Phi) is 1.76. The first-order chi connectivity index (χ1) is 6.79. The van der Waals surface area contributed by atoms with E-state index >= 15 is 0 Å². The van der Waals surface area contributed by atoms with E-state index in [0.29, 0.717) is 0 Å². The summed E-state index contributed by atoms with van der Waals surface area (Å²) in [5, 5.41) is 4.08. The number of hydrogen-bond donors (Lipinski definition) is 1. The van der Waals surface area contributed by atoms with Crippen molar-refractivity contribution in [1.29, 1.82) is 0 Å². The number of fused-ring (bicyclic) bond motifs is 1. The molecule has 1 atom stereocenters. The van der Waals surface area contributed by atoms with Gasteiger partial charge in [-0.3, -0.25) is 0 Å². The fraction of sp³-hybridized carbons (Fsp3) is 0.455. The molecular weight excluding hydrogens is 198 g/mol. The van der Waals surface area contributed by atoms with Crippen molar-refractivity contribution in [2.75, 3.05) is 13.1 Å². The molecule has 1 N–H and O–H groups in total. The van der Waals surface area contributed by atoms with Crippen molar-refractivity contribution >= 4 is 11.6 Å². The summed E-state index contributed by atoms with van der Waals surface area (Å²) in [6.45, 7) is 1.99. The lowest BCUT2D eigenvalue weighted by molar-refractivity contribution is 0.118. The van der Waals surface area contributed by atoms with Crippen LogP contribution in [0.5, 0.6) is 5.75 Å². The summed E-state index contributed by atoms with van der Waals surface area (Å²) in [5.41, 5.74) is 1.24. The van der Waals surface area contributed by atoms with Crippen molar-refractivity contribution in [1.82, 2.24) is 5.32 Å². The van der Waals surface area contributed by atoms with E-state index < -0.39 is 0 Å². The Labute approximate surface area is 88.2 Å². The maximum Gasteiger partial charge on any atom is 0.142 e. The Hall–Kier alpha value is -0.730. The lowest BCUT2D eigenvalue weighted by Crippen LogP contribution is -2.36. The second kappa shape index (κ2) is 2.88. The van der Waals surface area contributed by atoms with E-state index in [0.717, 1.165) is 36.7 Å². The highest BCUT2D eigenvalue weighted by atomic mass is 35.5. The molecule has 0 radical (unpaired) electrons. The van der Waals surface area contributed by atoms with Crippen molar-refractivity contribution in [3.8, 4) is 5.75 Å². The van der Waals surface area contributed by atoms with Gasteiger partial charge in [0.1, 0.15) is 11.4 Å². The van der Waals surface area contributed by atoms with E-state index in [-0.39, 0.29) is 5.60 Å². The molecule has 3 heteroatoms. The Morgan fingerprint density at radius 3 is 3.07 bits per heavy atom. The first-order valence-corrected chi connectivity index (χ1v) is 5.34. The van der Waals surface area contributed by atoms with Gasteiger partial charge < -0.3 is 10.1 Å². The van der Waals surface area contributed by atoms with E-state index in [1.165, 1.54) is 5.56 Å². The van der Waals surface area contributed by atoms with Gasteiger partial charge in [0.05, 0.1) is 5.02 Å². The molecule has 0 aliphatic carbocycles. The smallest absolute Gasteiger partial charge is 0.142 e. The third-order valence-electron chi connectivity index (χ3n) is 3.08. The third kappa shape index (κ3) is 1.14. The monoisotopic (exact) mass is 209 g/mol. The van der Waals surface area contributed by atoms with Crippen molar-refractivity contribution < 1.29 is 4.74 Å². The molecule has 3 rings (SSSR count). The number of para-hydroxylation sites is 1. The third-order valence-corrected chi connectivity index (χ3v) is 3.38. The number of benzene rings is 1. The fourth-order valence-corrected chi connectivity index (χ4v) is 2.60. The maximum atomic E-state index is 6.09. The second-order valence-corrected chi connectivity index (χ2v) is 4.52. The molecule has 0 saturated carbocycles. The number of hydrogen-bond acceptors (Lipinski definition) is 2. The van der Waals surface area contributed by atoms with Gasteiger partial charge in [-0.25, -0.2) is 0 Å². The van der Waals surface area contributed by atoms with Crippen LogP contribution in [0.3, 0.4) is 0 Å². The molecule has 1 aromatic carbocycles. The van der Waals surface area contributed by atoms with Gasteiger partial charge >= 0.3 is 0 Å². The molecule has 1 saturated heterocycles. The predicted octanol–water partition coefficient (Wildman–Crippen LogP) is 2.01. The molecule has 0 amide bonds. The summed E-state index contributed by atoms with van der Waals surface area (Å²) >= 11 is 6.09. The minimum Gasteiger partial charge on any atom is -0.484 e. The highest BCUT2D eigenvalue weighted by Crippen LogP contribution is 2.42. The van der Waals surface area contributed by atoms with E-state index in [1.54, 1.807) is 0 Å². The van der Waals surface area contributed by atoms with Gasteiger partial charge in [-0.1, -0.05) is 23.7 Å². The van der Waals surface area contributed by atoms with Gasteiger partial charge in [-0.05, 0) is 18.2 Å². The molecule has 0 bridgehead atoms. The number of halogens is 1. The largest absolute Gasteiger partial charge is 0.484 e. The summed E-state index contributed by atoms with van der Waals surface area (Å²) in [7, 11) is 0. The van der Waals surface area contributed by atoms with Crippen molar-refractivity contribution in [3.05, 3.63) is 28.8 Å². The Morgan fingerprint density at radius 1 is 1.43 bits per heavy atom. The number of nitrogens with one attached hydrogen (secondary N) is 1. The van der Waals surface area contributed by atoms with Gasteiger partial charge in [0.25, 0.3) is 0 Å². The normalized spacial score (nSPS) is 29.2. The molecule has 0 aromatic heterocycles. The first-order valence-electron chi connectivity index (χ1n) is 4.96. The predicted molar refractivity (Wildman–Crippen MR) is 56.0 cm³/mol. The first kappa shape index (κ1) is 8.57. The van der Waals surface area contributed by atoms with Crippen molar-refractivity contribution in [2.24, 2.45) is 0 Å². The van der Waals surface area contributed by atoms with Crippen LogP contribution in [0.2, 0.25) is 5.02 Å². The minimum atomic E-state index is -0.00662. The van der Waals surface area contributed by atoms with Gasteiger partial charge in [0.2, 0.25) is 0 Å². The van der Waals surface area contributed by atoms with Crippen LogP contribution in [-0.2, 0) is 6.42 Å². The molecule has 1 unspecified atom stereocenters. The zero-order valence-corrected chi connectivity index (χ0v) is 8.60. The average Bonchev–Trinajstić information content (AvgIpc) is 2.75. The second-order valence-electron chi connectivity index (χ2n) is 4.12. The summed E-state index contributed by atoms with van der Waals surface area (Å²) in [6.07, 6.45) is 2.08. The van der Waals surface area contributed by atoms with Gasteiger partial charge in [-0.15, -0.1) is 0 Å². The highest BCUT2D eigenvalue weighted by molar-refractivity contribution is 6.32. The summed E-state index contributed by atoms with van der Waals surface area (Å²) < 4.78 is 5.99. The molecular formula is C11H12ClNO. The van der Waals surface area contributed by atoms with Gasteiger partial charge in [0, 0.05) is 19.4 Å². The quantitative estimate of drug-likeness (QED) is 0.706. The standard InChI is InChI=1S/C11H12ClNO/c12-9-3-1-2-8-6-11(14-10(8)9)4-5-13-7-11/h1-3,13H,4-7H2. The van der Waals surface area contributed by atoms with Crippen molar-refractivity contribution in [2.45, 2.75) is 18.4 Å². The van der Waals surface area contributed by atoms with Gasteiger partial charge in [0.15, 0.2) is 0 Å². The molecule has 1 fully saturated rings. The SMILES string of the molecule is Clc1cccc2c1OC1(CCNC1)C2. The van der Waals surface area contributed by atoms with Crippen LogP contribution in [-0.4, -0.2) is 18.7 Å². The summed E-state index contributed by atoms with van der Waals surface area (Å²) in [4.78, 5) is 0. The van der Waals surface area contributed by atoms with Crippen LogP contribution in [0.25, 0.3) is 0 Å². The zero-order chi connectivity index (χ0) is 9.60. The molecule has 2 aliphatic rings. The van der Waals surface area contributed by atoms with Gasteiger partial charge in [-0.2, -0.15) is 0 Å². The summed E-state index contributed by atoms with van der Waals surface area (Å²) in [6, 6.07) is 5.99. The Balaban J connectivity index is 2.00. The minimum absolute atomic E-state index is 0.00662. The van der Waals surface area contributed by atoms with Crippen LogP contribution in [0, 0.1) is 0 Å². The molecule has 2 heterocycles. The van der Waals surface area contributed by atoms with E-state index in [9.17, 15) is 0 Å². The lowest BCUT2D eigenvalue weighted by Gasteiger charge is -2.21. The van der Waals surface area contributed by atoms with Crippen molar-refractivity contribution in [3.63, 3.8) is 0 Å². The molecule has 2 nitrogen and oxygen atoms in total. The molecule has 1 spiro atoms. The van der Waals surface area contributed by atoms with Crippen LogP contribution in [0.15, 0.2) is 18.2 Å². The number of rotatable bonds is 0. The zero-order valence-electron chi connectivity index (χ0n) is 7.85. The van der Waals surface area contributed by atoms with E-state index in [2.05, 4.69) is 11.4 Å². The lowest BCUT2D eigenvalue weighted by atomic mass is 9.96. The highest BCUT2D eigenvalue weighted by Gasteiger charge is 2.42. The van der Waals surface area contributed by atoms with E-state index in [1.807, 2.05) is 12.1 Å². The Morgan fingerprint density at radius 2 is 2.36 bits per heavy atom. The van der Waals surface area contributed by atoms with Crippen LogP contribution >= 0.6 is 11.6 Å².